The van der Waals surface area contributed by atoms with Crippen LogP contribution in [0.1, 0.15) is 34.6 Å². The Morgan fingerprint density at radius 3 is 2.43 bits per heavy atom. The normalized spacial score (nSPS) is 11.8. The zero-order valence-electron chi connectivity index (χ0n) is 20.6. The molecule has 3 aromatic carbocycles. The summed E-state index contributed by atoms with van der Waals surface area (Å²) >= 11 is 0. The van der Waals surface area contributed by atoms with Gasteiger partial charge in [0.25, 0.3) is 0 Å². The van der Waals surface area contributed by atoms with Crippen LogP contribution in [0.3, 0.4) is 0 Å². The van der Waals surface area contributed by atoms with E-state index >= 15 is 0 Å². The molecule has 1 N–H and O–H groups in total. The maximum atomic E-state index is 13.5. The molecule has 5 aromatic rings. The van der Waals surface area contributed by atoms with E-state index in [9.17, 15) is 9.18 Å². The van der Waals surface area contributed by atoms with Crippen molar-refractivity contribution in [2.24, 2.45) is 0 Å². The standard InChI is InChI=1S/C31H28FN3O2/c1-37-30-9-5-3-7-26(30)27(18-31(36)34-19-22-14-16-33-17-15-22)28-21-35(29-8-4-2-6-25(28)29)20-23-10-12-24(32)13-11-23/h2-17,21,27H,18-20H2,1H3,(H,34,36)/t27-/m1/s1. The lowest BCUT2D eigenvalue weighted by Crippen LogP contribution is -2.25. The summed E-state index contributed by atoms with van der Waals surface area (Å²) in [7, 11) is 1.65. The maximum Gasteiger partial charge on any atom is 0.221 e. The van der Waals surface area contributed by atoms with Crippen LogP contribution in [-0.4, -0.2) is 22.6 Å². The third-order valence-corrected chi connectivity index (χ3v) is 6.60. The predicted octanol–water partition coefficient (Wildman–Crippen LogP) is 6.07. The van der Waals surface area contributed by atoms with Gasteiger partial charge in [-0.05, 0) is 53.1 Å². The number of methoxy groups -OCH3 is 1. The Morgan fingerprint density at radius 2 is 1.65 bits per heavy atom. The number of carbonyl (C=O) groups excluding carboxylic acids is 1. The van der Waals surface area contributed by atoms with E-state index in [2.05, 4.69) is 33.2 Å². The first-order valence-electron chi connectivity index (χ1n) is 12.2. The quantitative estimate of drug-likeness (QED) is 0.271. The second-order valence-electron chi connectivity index (χ2n) is 8.99. The van der Waals surface area contributed by atoms with Crippen LogP contribution in [0, 0.1) is 5.82 Å². The highest BCUT2D eigenvalue weighted by atomic mass is 19.1. The molecule has 0 radical (unpaired) electrons. The first-order chi connectivity index (χ1) is 18.1. The number of pyridine rings is 1. The van der Waals surface area contributed by atoms with E-state index in [4.69, 9.17) is 4.74 Å². The summed E-state index contributed by atoms with van der Waals surface area (Å²) in [5.41, 5.74) is 5.04. The third-order valence-electron chi connectivity index (χ3n) is 6.60. The van der Waals surface area contributed by atoms with Gasteiger partial charge in [-0.1, -0.05) is 48.5 Å². The highest BCUT2D eigenvalue weighted by molar-refractivity contribution is 5.87. The molecule has 2 aromatic heterocycles. The molecule has 186 valence electrons. The minimum Gasteiger partial charge on any atom is -0.496 e. The Morgan fingerprint density at radius 1 is 0.919 bits per heavy atom. The van der Waals surface area contributed by atoms with Crippen LogP contribution in [0.25, 0.3) is 10.9 Å². The number of aromatic nitrogens is 2. The SMILES string of the molecule is COc1ccccc1[C@@H](CC(=O)NCc1ccncc1)c1cn(Cc2ccc(F)cc2)c2ccccc12. The number of hydrogen-bond acceptors (Lipinski definition) is 3. The molecule has 0 aliphatic rings. The molecule has 0 aliphatic heterocycles. The van der Waals surface area contributed by atoms with Crippen LogP contribution < -0.4 is 10.1 Å². The van der Waals surface area contributed by atoms with Gasteiger partial charge in [0.05, 0.1) is 7.11 Å². The Bertz CT molecular complexity index is 1500. The van der Waals surface area contributed by atoms with Gasteiger partial charge in [-0.2, -0.15) is 0 Å². The number of benzene rings is 3. The molecule has 6 heteroatoms. The summed E-state index contributed by atoms with van der Waals surface area (Å²) in [5.74, 6) is 0.205. The zero-order valence-corrected chi connectivity index (χ0v) is 20.6. The van der Waals surface area contributed by atoms with Crippen LogP contribution in [0.5, 0.6) is 5.75 Å². The molecule has 0 aliphatic carbocycles. The van der Waals surface area contributed by atoms with Crippen molar-refractivity contribution in [3.63, 3.8) is 0 Å². The molecular weight excluding hydrogens is 465 g/mol. The number of nitrogens with zero attached hydrogens (tertiary/aromatic N) is 2. The smallest absolute Gasteiger partial charge is 0.221 e. The van der Waals surface area contributed by atoms with Gasteiger partial charge in [0.15, 0.2) is 0 Å². The molecule has 0 saturated carbocycles. The fourth-order valence-corrected chi connectivity index (χ4v) is 4.77. The number of nitrogens with one attached hydrogen (secondary N) is 1. The second kappa shape index (κ2) is 11.1. The fraction of sp³-hybridized carbons (Fsp3) is 0.161. The lowest BCUT2D eigenvalue weighted by molar-refractivity contribution is -0.121. The van der Waals surface area contributed by atoms with Crippen molar-refractivity contribution in [1.82, 2.24) is 14.9 Å². The lowest BCUT2D eigenvalue weighted by Gasteiger charge is -2.20. The highest BCUT2D eigenvalue weighted by Gasteiger charge is 2.25. The first kappa shape index (κ1) is 24.3. The highest BCUT2D eigenvalue weighted by Crippen LogP contribution is 2.39. The van der Waals surface area contributed by atoms with Gasteiger partial charge < -0.3 is 14.6 Å². The van der Waals surface area contributed by atoms with Gasteiger partial charge in [0.1, 0.15) is 11.6 Å². The topological polar surface area (TPSA) is 56.1 Å². The molecule has 37 heavy (non-hydrogen) atoms. The van der Waals surface area contributed by atoms with Gasteiger partial charge in [0.2, 0.25) is 5.91 Å². The lowest BCUT2D eigenvalue weighted by atomic mass is 9.87. The van der Waals surface area contributed by atoms with E-state index in [-0.39, 0.29) is 24.1 Å². The van der Waals surface area contributed by atoms with E-state index in [0.29, 0.717) is 13.1 Å². The second-order valence-corrected chi connectivity index (χ2v) is 8.99. The summed E-state index contributed by atoms with van der Waals surface area (Å²) in [4.78, 5) is 17.3. The van der Waals surface area contributed by atoms with Crippen molar-refractivity contribution in [3.8, 4) is 5.75 Å². The molecule has 1 amide bonds. The van der Waals surface area contributed by atoms with Gasteiger partial charge in [-0.25, -0.2) is 4.39 Å². The first-order valence-corrected chi connectivity index (χ1v) is 12.2. The number of hydrogen-bond donors (Lipinski definition) is 1. The number of rotatable bonds is 9. The molecule has 5 nitrogen and oxygen atoms in total. The van der Waals surface area contributed by atoms with E-state index in [1.54, 1.807) is 31.6 Å². The van der Waals surface area contributed by atoms with Gasteiger partial charge >= 0.3 is 0 Å². The van der Waals surface area contributed by atoms with Crippen molar-refractivity contribution in [3.05, 3.63) is 132 Å². The molecular formula is C31H28FN3O2. The number of para-hydroxylation sites is 2. The summed E-state index contributed by atoms with van der Waals surface area (Å²) in [6, 6.07) is 26.4. The van der Waals surface area contributed by atoms with E-state index < -0.39 is 0 Å². The van der Waals surface area contributed by atoms with Crippen LogP contribution in [0.15, 0.2) is 104 Å². The Kier molecular flexibility index (Phi) is 7.26. The van der Waals surface area contributed by atoms with Crippen LogP contribution in [0.4, 0.5) is 4.39 Å². The molecule has 0 saturated heterocycles. The Balaban J connectivity index is 1.52. The number of ether oxygens (including phenoxy) is 1. The van der Waals surface area contributed by atoms with E-state index in [0.717, 1.165) is 38.9 Å². The third kappa shape index (κ3) is 5.54. The maximum absolute atomic E-state index is 13.5. The van der Waals surface area contributed by atoms with E-state index in [1.165, 1.54) is 12.1 Å². The van der Waals surface area contributed by atoms with Gasteiger partial charge in [-0.3, -0.25) is 9.78 Å². The summed E-state index contributed by atoms with van der Waals surface area (Å²) in [5, 5.41) is 4.13. The van der Waals surface area contributed by atoms with Crippen LogP contribution in [0.2, 0.25) is 0 Å². The van der Waals surface area contributed by atoms with Crippen molar-refractivity contribution in [2.45, 2.75) is 25.4 Å². The predicted molar refractivity (Wildman–Crippen MR) is 143 cm³/mol. The fourth-order valence-electron chi connectivity index (χ4n) is 4.77. The number of amides is 1. The van der Waals surface area contributed by atoms with Gasteiger partial charge in [0, 0.05) is 60.5 Å². The summed E-state index contributed by atoms with van der Waals surface area (Å²) in [6.07, 6.45) is 5.81. The largest absolute Gasteiger partial charge is 0.496 e. The van der Waals surface area contributed by atoms with Crippen molar-refractivity contribution in [2.75, 3.05) is 7.11 Å². The van der Waals surface area contributed by atoms with Crippen molar-refractivity contribution in [1.29, 1.82) is 0 Å². The van der Waals surface area contributed by atoms with E-state index in [1.807, 2.05) is 48.5 Å². The minimum atomic E-state index is -0.254. The molecule has 0 unspecified atom stereocenters. The molecule has 5 rings (SSSR count). The molecule has 2 heterocycles. The summed E-state index contributed by atoms with van der Waals surface area (Å²) < 4.78 is 21.3. The molecule has 0 bridgehead atoms. The number of carbonyl (C=O) groups is 1. The van der Waals surface area contributed by atoms with Crippen molar-refractivity contribution < 1.29 is 13.9 Å². The minimum absolute atomic E-state index is 0.0527. The average molecular weight is 494 g/mol. The molecule has 1 atom stereocenters. The van der Waals surface area contributed by atoms with Crippen molar-refractivity contribution >= 4 is 16.8 Å². The average Bonchev–Trinajstić information content (AvgIpc) is 3.30. The van der Waals surface area contributed by atoms with Crippen LogP contribution >= 0.6 is 0 Å². The molecule has 0 spiro atoms. The monoisotopic (exact) mass is 493 g/mol. The summed E-state index contributed by atoms with van der Waals surface area (Å²) in [6.45, 7) is 1.03. The zero-order chi connectivity index (χ0) is 25.6. The Hall–Kier alpha value is -4.45. The Labute approximate surface area is 215 Å². The molecule has 0 fully saturated rings. The van der Waals surface area contributed by atoms with Crippen LogP contribution in [-0.2, 0) is 17.9 Å². The number of halogens is 1. The number of fused-ring (bicyclic) bond motifs is 1. The van der Waals surface area contributed by atoms with Gasteiger partial charge in [-0.15, -0.1) is 0 Å².